The standard InChI is InChI=1S/C22H26N4O3S/c1-4-13(3)26-21(29)16(20(28)25-22(26)30)12-18-15(10-11-23-19(27)5-2)14-8-6-7-9-17(14)24-18/h6-9,12-13,29H,4-5,10-11H2,1-3H3,(H,23,27)(H,25,28,30). The number of aromatic nitrogens is 2. The van der Waals surface area contributed by atoms with Gasteiger partial charge in [0.1, 0.15) is 5.56 Å². The van der Waals surface area contributed by atoms with E-state index >= 15 is 0 Å². The number of para-hydroxylation sites is 1. The quantitative estimate of drug-likeness (QED) is 0.592. The maximum absolute atomic E-state index is 12.6. The molecule has 1 atom stereocenters. The van der Waals surface area contributed by atoms with Gasteiger partial charge < -0.3 is 10.4 Å². The Morgan fingerprint density at radius 2 is 2.10 bits per heavy atom. The maximum atomic E-state index is 12.6. The van der Waals surface area contributed by atoms with Crippen molar-refractivity contribution < 1.29 is 9.90 Å². The molecule has 158 valence electrons. The first-order chi connectivity index (χ1) is 14.4. The van der Waals surface area contributed by atoms with E-state index in [4.69, 9.17) is 12.2 Å². The summed E-state index contributed by atoms with van der Waals surface area (Å²) in [7, 11) is 0. The number of carbonyl (C=O) groups excluding carboxylic acids is 1. The number of allylic oxidation sites excluding steroid dienone is 1. The molecular weight excluding hydrogens is 400 g/mol. The average molecular weight is 427 g/mol. The van der Waals surface area contributed by atoms with Crippen LogP contribution in [0.25, 0.3) is 11.6 Å². The van der Waals surface area contributed by atoms with Crippen molar-refractivity contribution in [3.8, 4) is 5.88 Å². The van der Waals surface area contributed by atoms with E-state index in [9.17, 15) is 14.7 Å². The second kappa shape index (κ2) is 9.21. The molecule has 2 heterocycles. The smallest absolute Gasteiger partial charge is 0.262 e. The van der Waals surface area contributed by atoms with Crippen LogP contribution >= 0.6 is 12.2 Å². The first-order valence-electron chi connectivity index (χ1n) is 10.1. The SMILES string of the molecule is CCC(=O)NCCC1=c2ccccc2=NC1=Cc1c(O)n(C(C)CC)c(=S)[nH]c1=O. The number of H-pyrrole nitrogens is 1. The predicted molar refractivity (Wildman–Crippen MR) is 119 cm³/mol. The van der Waals surface area contributed by atoms with E-state index in [2.05, 4.69) is 15.3 Å². The molecule has 0 saturated carbocycles. The van der Waals surface area contributed by atoms with E-state index in [1.54, 1.807) is 17.6 Å². The Balaban J connectivity index is 2.11. The van der Waals surface area contributed by atoms with Gasteiger partial charge in [0.2, 0.25) is 11.8 Å². The number of carbonyl (C=O) groups is 1. The Labute approximate surface area is 179 Å². The van der Waals surface area contributed by atoms with Crippen LogP contribution in [0.1, 0.15) is 51.6 Å². The van der Waals surface area contributed by atoms with Crippen molar-refractivity contribution in [2.24, 2.45) is 4.99 Å². The zero-order valence-corrected chi connectivity index (χ0v) is 18.2. The third-order valence-corrected chi connectivity index (χ3v) is 5.56. The Kier molecular flexibility index (Phi) is 6.66. The molecule has 1 aliphatic rings. The second-order valence-electron chi connectivity index (χ2n) is 7.21. The van der Waals surface area contributed by atoms with Crippen LogP contribution in [0.5, 0.6) is 5.88 Å². The number of hydrogen-bond donors (Lipinski definition) is 3. The minimum Gasteiger partial charge on any atom is -0.494 e. The number of fused-ring (bicyclic) bond motifs is 1. The highest BCUT2D eigenvalue weighted by Crippen LogP contribution is 2.26. The normalized spacial score (nSPS) is 15.0. The third kappa shape index (κ3) is 4.28. The van der Waals surface area contributed by atoms with Gasteiger partial charge in [-0.1, -0.05) is 32.0 Å². The third-order valence-electron chi connectivity index (χ3n) is 5.26. The summed E-state index contributed by atoms with van der Waals surface area (Å²) in [6.45, 7) is 6.17. The van der Waals surface area contributed by atoms with Crippen LogP contribution in [-0.2, 0) is 4.79 Å². The molecule has 0 saturated heterocycles. The van der Waals surface area contributed by atoms with Crippen molar-refractivity contribution in [1.29, 1.82) is 0 Å². The minimum atomic E-state index is -0.464. The van der Waals surface area contributed by atoms with E-state index in [-0.39, 0.29) is 28.2 Å². The van der Waals surface area contributed by atoms with Gasteiger partial charge in [-0.25, -0.2) is 4.99 Å². The van der Waals surface area contributed by atoms with Crippen LogP contribution in [0, 0.1) is 4.77 Å². The molecule has 0 radical (unpaired) electrons. The molecule has 7 nitrogen and oxygen atoms in total. The van der Waals surface area contributed by atoms with Gasteiger partial charge in [0, 0.05) is 24.2 Å². The molecule has 3 N–H and O–H groups in total. The molecule has 1 aromatic heterocycles. The molecule has 30 heavy (non-hydrogen) atoms. The van der Waals surface area contributed by atoms with Gasteiger partial charge in [0.15, 0.2) is 4.77 Å². The summed E-state index contributed by atoms with van der Waals surface area (Å²) in [5.74, 6) is -0.190. The van der Waals surface area contributed by atoms with E-state index < -0.39 is 5.56 Å². The fourth-order valence-electron chi connectivity index (χ4n) is 3.41. The summed E-state index contributed by atoms with van der Waals surface area (Å²) in [4.78, 5) is 31.5. The van der Waals surface area contributed by atoms with E-state index in [1.807, 2.05) is 38.1 Å². The molecule has 1 aliphatic heterocycles. The Bertz CT molecular complexity index is 1240. The predicted octanol–water partition coefficient (Wildman–Crippen LogP) is 2.32. The van der Waals surface area contributed by atoms with Gasteiger partial charge >= 0.3 is 0 Å². The molecule has 3 rings (SSSR count). The van der Waals surface area contributed by atoms with Gasteiger partial charge in [0.05, 0.1) is 11.1 Å². The Hall–Kier alpha value is -3.00. The topological polar surface area (TPSA) is 99.5 Å². The number of benzene rings is 1. The monoisotopic (exact) mass is 426 g/mol. The lowest BCUT2D eigenvalue weighted by Gasteiger charge is -2.17. The summed E-state index contributed by atoms with van der Waals surface area (Å²) < 4.78 is 1.74. The zero-order chi connectivity index (χ0) is 21.8. The summed E-state index contributed by atoms with van der Waals surface area (Å²) in [5.41, 5.74) is 1.16. The molecule has 1 amide bonds. The Morgan fingerprint density at radius 1 is 1.37 bits per heavy atom. The fourth-order valence-corrected chi connectivity index (χ4v) is 3.77. The van der Waals surface area contributed by atoms with Crippen LogP contribution in [0.2, 0.25) is 0 Å². The van der Waals surface area contributed by atoms with Crippen molar-refractivity contribution in [3.05, 3.63) is 61.2 Å². The number of rotatable bonds is 7. The minimum absolute atomic E-state index is 0.0194. The Morgan fingerprint density at radius 3 is 2.80 bits per heavy atom. The first kappa shape index (κ1) is 21.7. The molecule has 0 spiro atoms. The first-order valence-corrected chi connectivity index (χ1v) is 10.5. The van der Waals surface area contributed by atoms with Crippen LogP contribution < -0.4 is 21.5 Å². The average Bonchev–Trinajstić information content (AvgIpc) is 3.07. The van der Waals surface area contributed by atoms with Crippen molar-refractivity contribution in [2.75, 3.05) is 6.54 Å². The van der Waals surface area contributed by atoms with Gasteiger partial charge in [-0.2, -0.15) is 0 Å². The molecule has 8 heteroatoms. The van der Waals surface area contributed by atoms with Gasteiger partial charge in [-0.3, -0.25) is 19.1 Å². The zero-order valence-electron chi connectivity index (χ0n) is 17.4. The number of hydrogen-bond acceptors (Lipinski definition) is 5. The van der Waals surface area contributed by atoms with Crippen molar-refractivity contribution in [3.63, 3.8) is 0 Å². The van der Waals surface area contributed by atoms with Crippen molar-refractivity contribution in [1.82, 2.24) is 14.9 Å². The van der Waals surface area contributed by atoms with Gasteiger partial charge in [-0.15, -0.1) is 0 Å². The number of amides is 1. The fraction of sp³-hybridized carbons (Fsp3) is 0.364. The molecule has 0 fully saturated rings. The summed E-state index contributed by atoms with van der Waals surface area (Å²) in [5, 5.41) is 15.4. The van der Waals surface area contributed by atoms with Crippen LogP contribution in [0.3, 0.4) is 0 Å². The van der Waals surface area contributed by atoms with E-state index in [0.717, 1.165) is 22.6 Å². The van der Waals surface area contributed by atoms with E-state index in [0.29, 0.717) is 25.1 Å². The highest BCUT2D eigenvalue weighted by atomic mass is 32.1. The largest absolute Gasteiger partial charge is 0.494 e. The van der Waals surface area contributed by atoms with Crippen molar-refractivity contribution in [2.45, 2.75) is 46.1 Å². The molecular formula is C22H26N4O3S. The lowest BCUT2D eigenvalue weighted by Crippen LogP contribution is -2.26. The van der Waals surface area contributed by atoms with Crippen LogP contribution in [0.15, 0.2) is 39.7 Å². The number of nitrogens with zero attached hydrogens (tertiary/aromatic N) is 2. The molecule has 0 bridgehead atoms. The lowest BCUT2D eigenvalue weighted by molar-refractivity contribution is -0.120. The van der Waals surface area contributed by atoms with E-state index in [1.165, 1.54) is 0 Å². The lowest BCUT2D eigenvalue weighted by atomic mass is 10.1. The number of aromatic hydroxyl groups is 1. The molecule has 1 unspecified atom stereocenters. The van der Waals surface area contributed by atoms with Crippen LogP contribution in [-0.4, -0.2) is 27.1 Å². The summed E-state index contributed by atoms with van der Waals surface area (Å²) in [6, 6.07) is 7.62. The maximum Gasteiger partial charge on any atom is 0.262 e. The highest BCUT2D eigenvalue weighted by Gasteiger charge is 2.18. The second-order valence-corrected chi connectivity index (χ2v) is 7.60. The van der Waals surface area contributed by atoms with Crippen LogP contribution in [0.4, 0.5) is 0 Å². The molecule has 2 aromatic rings. The molecule has 0 aliphatic carbocycles. The highest BCUT2D eigenvalue weighted by molar-refractivity contribution is 7.71. The number of nitrogens with one attached hydrogen (secondary N) is 2. The number of aromatic amines is 1. The van der Waals surface area contributed by atoms with Crippen molar-refractivity contribution >= 4 is 29.8 Å². The van der Waals surface area contributed by atoms with Gasteiger partial charge in [-0.05, 0) is 49.7 Å². The van der Waals surface area contributed by atoms with Gasteiger partial charge in [0.25, 0.3) is 5.56 Å². The summed E-state index contributed by atoms with van der Waals surface area (Å²) >= 11 is 5.24. The molecule has 1 aromatic carbocycles. The summed E-state index contributed by atoms with van der Waals surface area (Å²) in [6.07, 6.45) is 3.32.